The van der Waals surface area contributed by atoms with Crippen molar-refractivity contribution in [1.82, 2.24) is 0 Å². The maximum absolute atomic E-state index is 5.23. The largest absolute Gasteiger partial charge is 2.00 e. The minimum Gasteiger partial charge on any atom is -0.358 e. The van der Waals surface area contributed by atoms with Crippen LogP contribution in [0.1, 0.15) is 134 Å². The van der Waals surface area contributed by atoms with E-state index in [0.717, 1.165) is 48.5 Å². The van der Waals surface area contributed by atoms with E-state index in [9.17, 15) is 0 Å². The molecule has 0 amide bonds. The molecule has 0 unspecified atom stereocenters. The third-order valence-corrected chi connectivity index (χ3v) is 8.37. The molecule has 0 radical (unpaired) electrons. The fourth-order valence-electron chi connectivity index (χ4n) is 5.78. The van der Waals surface area contributed by atoms with Crippen LogP contribution in [0.5, 0.6) is 0 Å². The molecule has 2 nitrogen and oxygen atoms in total. The molecule has 0 fully saturated rings. The van der Waals surface area contributed by atoms with Gasteiger partial charge < -0.3 is 14.4 Å². The Morgan fingerprint density at radius 1 is 0.630 bits per heavy atom. The zero-order valence-corrected chi connectivity index (χ0v) is 31.6. The quantitative estimate of drug-likeness (QED) is 0.0558. The zero-order chi connectivity index (χ0) is 32.2. The van der Waals surface area contributed by atoms with Crippen LogP contribution in [-0.4, -0.2) is 11.4 Å². The van der Waals surface area contributed by atoms with E-state index in [1.165, 1.54) is 97.6 Å². The van der Waals surface area contributed by atoms with E-state index in [1.54, 1.807) is 6.92 Å². The first-order valence-corrected chi connectivity index (χ1v) is 17.6. The van der Waals surface area contributed by atoms with Crippen molar-refractivity contribution in [2.75, 3.05) is 0 Å². The molecule has 0 bridgehead atoms. The van der Waals surface area contributed by atoms with Crippen LogP contribution in [0.25, 0.3) is 11.1 Å². The third-order valence-electron chi connectivity index (χ3n) is 8.37. The summed E-state index contributed by atoms with van der Waals surface area (Å²) in [4.78, 5) is 10.4. The molecule has 0 aliphatic carbocycles. The molecule has 0 spiro atoms. The minimum atomic E-state index is 0. The molecule has 3 heteroatoms. The predicted molar refractivity (Wildman–Crippen MR) is 205 cm³/mol. The first-order valence-electron chi connectivity index (χ1n) is 17.6. The van der Waals surface area contributed by atoms with Crippen molar-refractivity contribution in [3.8, 4) is 11.1 Å². The van der Waals surface area contributed by atoms with E-state index in [-0.39, 0.29) is 23.9 Å². The molecule has 0 aliphatic rings. The summed E-state index contributed by atoms with van der Waals surface area (Å²) in [7, 11) is 0. The number of hydrogen-bond donors (Lipinski definition) is 0. The van der Waals surface area contributed by atoms with Gasteiger partial charge in [-0.25, -0.2) is 0 Å². The van der Waals surface area contributed by atoms with Gasteiger partial charge in [0.2, 0.25) is 0 Å². The normalized spacial score (nSPS) is 11.3. The van der Waals surface area contributed by atoms with Crippen molar-refractivity contribution < 1.29 is 16.5 Å². The van der Waals surface area contributed by atoms with E-state index in [4.69, 9.17) is 9.98 Å². The Kier molecular flexibility index (Phi) is 24.2. The summed E-state index contributed by atoms with van der Waals surface area (Å²) in [6, 6.07) is 22.4. The summed E-state index contributed by atoms with van der Waals surface area (Å²) in [6.07, 6.45) is 17.0. The van der Waals surface area contributed by atoms with Crippen molar-refractivity contribution in [2.24, 2.45) is 9.98 Å². The third kappa shape index (κ3) is 14.9. The zero-order valence-electron chi connectivity index (χ0n) is 30.6. The summed E-state index contributed by atoms with van der Waals surface area (Å²) in [5.74, 6) is 0. The SMILES string of the molecule is CCCCCCCCc1cc(CCCC)cc(N=C(CC)C(C)=Nc2cc(CCCC)c(C)c(-c3ccccc3)c2)c1.[CH2-]C.[CH3-].[Ni+2]. The Labute approximate surface area is 295 Å². The van der Waals surface area contributed by atoms with Crippen LogP contribution in [0.4, 0.5) is 11.4 Å². The fourth-order valence-corrected chi connectivity index (χ4v) is 5.78. The van der Waals surface area contributed by atoms with Crippen molar-refractivity contribution >= 4 is 22.8 Å². The number of hydrogen-bond acceptors (Lipinski definition) is 2. The minimum absolute atomic E-state index is 0. The first kappa shape index (κ1) is 43.5. The number of aryl methyl sites for hydroxylation is 3. The average Bonchev–Trinajstić information content (AvgIpc) is 3.05. The van der Waals surface area contributed by atoms with Crippen LogP contribution in [0, 0.1) is 21.3 Å². The number of rotatable bonds is 18. The smallest absolute Gasteiger partial charge is 0.358 e. The molecule has 0 saturated carbocycles. The van der Waals surface area contributed by atoms with Crippen LogP contribution in [0.15, 0.2) is 70.6 Å². The predicted octanol–water partition coefficient (Wildman–Crippen LogP) is 13.8. The summed E-state index contributed by atoms with van der Waals surface area (Å²) < 4.78 is 0. The number of unbranched alkanes of at least 4 members (excludes halogenated alkanes) is 7. The van der Waals surface area contributed by atoms with Gasteiger partial charge in [0.05, 0.1) is 22.8 Å². The van der Waals surface area contributed by atoms with Gasteiger partial charge in [-0.3, -0.25) is 9.98 Å². The van der Waals surface area contributed by atoms with Gasteiger partial charge in [-0.05, 0) is 116 Å². The summed E-state index contributed by atoms with van der Waals surface area (Å²) >= 11 is 0. The molecule has 256 valence electrons. The van der Waals surface area contributed by atoms with Gasteiger partial charge in [-0.1, -0.05) is 109 Å². The second kappa shape index (κ2) is 25.6. The summed E-state index contributed by atoms with van der Waals surface area (Å²) in [6.45, 7) is 18.4. The van der Waals surface area contributed by atoms with Crippen LogP contribution < -0.4 is 0 Å². The van der Waals surface area contributed by atoms with E-state index in [1.807, 2.05) is 0 Å². The van der Waals surface area contributed by atoms with Gasteiger partial charge in [0, 0.05) is 0 Å². The molecule has 0 aromatic heterocycles. The molecular formula is C43H64N2Ni. The molecule has 46 heavy (non-hydrogen) atoms. The van der Waals surface area contributed by atoms with E-state index >= 15 is 0 Å². The summed E-state index contributed by atoms with van der Waals surface area (Å²) in [5, 5.41) is 0. The molecule has 3 aromatic carbocycles. The van der Waals surface area contributed by atoms with Crippen LogP contribution >= 0.6 is 0 Å². The number of nitrogens with zero attached hydrogens (tertiary/aromatic N) is 2. The second-order valence-corrected chi connectivity index (χ2v) is 12.0. The Morgan fingerprint density at radius 3 is 1.78 bits per heavy atom. The maximum atomic E-state index is 5.23. The van der Waals surface area contributed by atoms with E-state index in [0.29, 0.717) is 0 Å². The van der Waals surface area contributed by atoms with E-state index in [2.05, 4.69) is 109 Å². The molecule has 3 aromatic rings. The molecule has 0 saturated heterocycles. The number of aliphatic imine (C=N–C) groups is 2. The van der Waals surface area contributed by atoms with Gasteiger partial charge in [-0.15, -0.1) is 0 Å². The van der Waals surface area contributed by atoms with Gasteiger partial charge in [0.15, 0.2) is 0 Å². The van der Waals surface area contributed by atoms with Crippen molar-refractivity contribution in [1.29, 1.82) is 0 Å². The fraction of sp³-hybridized carbons (Fsp3) is 0.488. The van der Waals surface area contributed by atoms with E-state index < -0.39 is 0 Å². The Morgan fingerprint density at radius 2 is 1.17 bits per heavy atom. The first-order chi connectivity index (χ1) is 21.5. The molecule has 0 N–H and O–H groups in total. The number of benzene rings is 3. The van der Waals surface area contributed by atoms with Gasteiger partial charge >= 0.3 is 16.5 Å². The molecular weight excluding hydrogens is 603 g/mol. The van der Waals surface area contributed by atoms with Crippen LogP contribution in [0.2, 0.25) is 0 Å². The monoisotopic (exact) mass is 666 g/mol. The molecule has 3 rings (SSSR count). The standard InChI is InChI=1S/C40H56N2.C2H5.CH3.Ni/c1-7-11-14-15-16-18-22-34-26-33(21-12-8-2)27-37(28-34)42-40(10-4)32(6)41-38-29-36(23-13-9-3)31(5)39(30-38)35-24-19-17-20-25-35;1-2;;/h17,19-20,24-30H,7-16,18,21-23H2,1-6H3;1H2,2H3;1H3;/q;2*-1;+2. The van der Waals surface area contributed by atoms with Gasteiger partial charge in [0.25, 0.3) is 0 Å². The van der Waals surface area contributed by atoms with Crippen molar-refractivity contribution in [2.45, 2.75) is 138 Å². The van der Waals surface area contributed by atoms with Crippen molar-refractivity contribution in [3.63, 3.8) is 0 Å². The second-order valence-electron chi connectivity index (χ2n) is 12.0. The Bertz CT molecular complexity index is 1290. The Balaban J connectivity index is 0.00000496. The summed E-state index contributed by atoms with van der Waals surface area (Å²) in [5.41, 5.74) is 12.4. The topological polar surface area (TPSA) is 24.7 Å². The molecule has 0 atom stereocenters. The van der Waals surface area contributed by atoms with Crippen molar-refractivity contribution in [3.05, 3.63) is 97.3 Å². The Hall–Kier alpha value is -2.51. The molecule has 0 aliphatic heterocycles. The van der Waals surface area contributed by atoms with Crippen LogP contribution in [-0.2, 0) is 35.8 Å². The average molecular weight is 668 g/mol. The maximum Gasteiger partial charge on any atom is 2.00 e. The van der Waals surface area contributed by atoms with Gasteiger partial charge in [-0.2, -0.15) is 6.92 Å². The molecule has 0 heterocycles. The van der Waals surface area contributed by atoms with Gasteiger partial charge in [0.1, 0.15) is 0 Å². The van der Waals surface area contributed by atoms with Crippen LogP contribution in [0.3, 0.4) is 0 Å².